The summed E-state index contributed by atoms with van der Waals surface area (Å²) in [4.78, 5) is 28.7. The van der Waals surface area contributed by atoms with E-state index in [1.165, 1.54) is 30.2 Å². The Bertz CT molecular complexity index is 1480. The van der Waals surface area contributed by atoms with Crippen molar-refractivity contribution in [1.29, 1.82) is 0 Å². The summed E-state index contributed by atoms with van der Waals surface area (Å²) < 4.78 is 34.5. The zero-order valence-electron chi connectivity index (χ0n) is 24.6. The molecule has 8 nitrogen and oxygen atoms in total. The lowest BCUT2D eigenvalue weighted by atomic mass is 10.1. The highest BCUT2D eigenvalue weighted by Gasteiger charge is 2.34. The fourth-order valence-corrected chi connectivity index (χ4v) is 5.74. The van der Waals surface area contributed by atoms with E-state index in [9.17, 15) is 18.0 Å². The standard InChI is InChI=1S/C31H38ClN3O5S/c1-21-8-12-24(13-9-21)19-34(23(3)30(37)33-31(4,5)6)29(36)20-35(27-18-25(32)14-17-28(27)40-7)41(38,39)26-15-10-22(2)11-16-26/h8-18,23H,19-20H2,1-7H3,(H,33,37)/t23-/m1/s1. The first-order valence-electron chi connectivity index (χ1n) is 13.2. The van der Waals surface area contributed by atoms with Crippen LogP contribution in [0.15, 0.2) is 71.6 Å². The number of nitrogens with zero attached hydrogens (tertiary/aromatic N) is 2. The number of nitrogens with one attached hydrogen (secondary N) is 1. The highest BCUT2D eigenvalue weighted by atomic mass is 35.5. The van der Waals surface area contributed by atoms with Crippen LogP contribution in [0.1, 0.15) is 44.4 Å². The summed E-state index contributed by atoms with van der Waals surface area (Å²) in [5, 5.41) is 3.19. The highest BCUT2D eigenvalue weighted by molar-refractivity contribution is 7.92. The average Bonchev–Trinajstić information content (AvgIpc) is 2.90. The van der Waals surface area contributed by atoms with E-state index in [2.05, 4.69) is 5.32 Å². The molecule has 10 heteroatoms. The highest BCUT2D eigenvalue weighted by Crippen LogP contribution is 2.35. The number of methoxy groups -OCH3 is 1. The van der Waals surface area contributed by atoms with Gasteiger partial charge in [0.2, 0.25) is 11.8 Å². The van der Waals surface area contributed by atoms with Gasteiger partial charge in [0.15, 0.2) is 0 Å². The Morgan fingerprint density at radius 2 is 1.51 bits per heavy atom. The van der Waals surface area contributed by atoms with Gasteiger partial charge in [-0.25, -0.2) is 8.42 Å². The van der Waals surface area contributed by atoms with Crippen molar-refractivity contribution in [2.24, 2.45) is 0 Å². The van der Waals surface area contributed by atoms with Crippen molar-refractivity contribution in [3.8, 4) is 5.75 Å². The quantitative estimate of drug-likeness (QED) is 0.332. The summed E-state index contributed by atoms with van der Waals surface area (Å²) in [6, 6.07) is 17.6. The maximum Gasteiger partial charge on any atom is 0.264 e. The first-order valence-corrected chi connectivity index (χ1v) is 15.0. The summed E-state index contributed by atoms with van der Waals surface area (Å²) in [6.45, 7) is 10.5. The molecule has 220 valence electrons. The van der Waals surface area contributed by atoms with Crippen LogP contribution < -0.4 is 14.4 Å². The summed E-state index contributed by atoms with van der Waals surface area (Å²) >= 11 is 6.28. The smallest absolute Gasteiger partial charge is 0.264 e. The molecule has 3 aromatic rings. The zero-order valence-corrected chi connectivity index (χ0v) is 26.1. The van der Waals surface area contributed by atoms with Gasteiger partial charge >= 0.3 is 0 Å². The van der Waals surface area contributed by atoms with Gasteiger partial charge in [-0.15, -0.1) is 0 Å². The van der Waals surface area contributed by atoms with Gasteiger partial charge in [-0.2, -0.15) is 0 Å². The van der Waals surface area contributed by atoms with Crippen LogP contribution in [-0.4, -0.2) is 50.4 Å². The molecule has 0 spiro atoms. The summed E-state index contributed by atoms with van der Waals surface area (Å²) in [6.07, 6.45) is 0. The molecule has 1 atom stereocenters. The number of rotatable bonds is 10. The van der Waals surface area contributed by atoms with Crippen molar-refractivity contribution >= 4 is 39.1 Å². The number of hydrogen-bond donors (Lipinski definition) is 1. The van der Waals surface area contributed by atoms with Gasteiger partial charge in [0.1, 0.15) is 18.3 Å². The van der Waals surface area contributed by atoms with E-state index < -0.39 is 34.1 Å². The van der Waals surface area contributed by atoms with Gasteiger partial charge in [0.05, 0.1) is 17.7 Å². The molecule has 0 saturated heterocycles. The second-order valence-corrected chi connectivity index (χ2v) is 13.4. The van der Waals surface area contributed by atoms with Gasteiger partial charge in [0.25, 0.3) is 10.0 Å². The minimum absolute atomic E-state index is 0.00142. The Balaban J connectivity index is 2.10. The van der Waals surface area contributed by atoms with Crippen LogP contribution in [0, 0.1) is 13.8 Å². The van der Waals surface area contributed by atoms with E-state index in [0.717, 1.165) is 21.0 Å². The lowest BCUT2D eigenvalue weighted by molar-refractivity contribution is -0.140. The third-order valence-electron chi connectivity index (χ3n) is 6.44. The van der Waals surface area contributed by atoms with Gasteiger partial charge < -0.3 is 15.0 Å². The van der Waals surface area contributed by atoms with E-state index in [0.29, 0.717) is 0 Å². The maximum absolute atomic E-state index is 14.1. The van der Waals surface area contributed by atoms with Crippen molar-refractivity contribution in [1.82, 2.24) is 10.2 Å². The van der Waals surface area contributed by atoms with Gasteiger partial charge in [-0.3, -0.25) is 13.9 Å². The molecule has 0 aliphatic carbocycles. The molecule has 0 aliphatic heterocycles. The monoisotopic (exact) mass is 599 g/mol. The number of amides is 2. The lowest BCUT2D eigenvalue weighted by Gasteiger charge is -2.33. The SMILES string of the molecule is COc1ccc(Cl)cc1N(CC(=O)N(Cc1ccc(C)cc1)[C@H](C)C(=O)NC(C)(C)C)S(=O)(=O)c1ccc(C)cc1. The van der Waals surface area contributed by atoms with E-state index in [1.807, 2.05) is 58.9 Å². The van der Waals surface area contributed by atoms with E-state index in [4.69, 9.17) is 16.3 Å². The molecule has 0 unspecified atom stereocenters. The number of anilines is 1. The number of carbonyl (C=O) groups excluding carboxylic acids is 2. The second-order valence-electron chi connectivity index (χ2n) is 11.1. The number of benzene rings is 3. The normalized spacial score (nSPS) is 12.4. The van der Waals surface area contributed by atoms with Crippen LogP contribution in [0.4, 0.5) is 5.69 Å². The molecule has 1 N–H and O–H groups in total. The van der Waals surface area contributed by atoms with Crippen LogP contribution >= 0.6 is 11.6 Å². The number of ether oxygens (including phenoxy) is 1. The van der Waals surface area contributed by atoms with Crippen LogP contribution in [0.5, 0.6) is 5.75 Å². The van der Waals surface area contributed by atoms with Crippen molar-refractivity contribution < 1.29 is 22.7 Å². The fraction of sp³-hybridized carbons (Fsp3) is 0.355. The molecule has 3 aromatic carbocycles. The Kier molecular flexibility index (Phi) is 10.1. The number of halogens is 1. The zero-order chi connectivity index (χ0) is 30.5. The first-order chi connectivity index (χ1) is 19.1. The van der Waals surface area contributed by atoms with Crippen molar-refractivity contribution in [2.75, 3.05) is 18.0 Å². The van der Waals surface area contributed by atoms with Gasteiger partial charge in [-0.05, 0) is 77.4 Å². The Morgan fingerprint density at radius 1 is 0.951 bits per heavy atom. The number of sulfonamides is 1. The predicted octanol–water partition coefficient (Wildman–Crippen LogP) is 5.49. The third-order valence-corrected chi connectivity index (χ3v) is 8.45. The molecular weight excluding hydrogens is 562 g/mol. The summed E-state index contributed by atoms with van der Waals surface area (Å²) in [5.41, 5.74) is 2.31. The molecule has 41 heavy (non-hydrogen) atoms. The van der Waals surface area contributed by atoms with Crippen LogP contribution in [0.25, 0.3) is 0 Å². The molecule has 2 amide bonds. The van der Waals surface area contributed by atoms with Crippen molar-refractivity contribution in [3.63, 3.8) is 0 Å². The van der Waals surface area contributed by atoms with Crippen LogP contribution in [-0.2, 0) is 26.2 Å². The Labute approximate surface area is 248 Å². The minimum atomic E-state index is -4.26. The van der Waals surface area contributed by atoms with E-state index >= 15 is 0 Å². The number of aryl methyl sites for hydroxylation is 2. The third kappa shape index (κ3) is 8.24. The first kappa shape index (κ1) is 32.0. The van der Waals surface area contributed by atoms with Gasteiger partial charge in [0, 0.05) is 17.1 Å². The molecular formula is C31H38ClN3O5S. The van der Waals surface area contributed by atoms with Crippen molar-refractivity contribution in [2.45, 2.75) is 64.6 Å². The minimum Gasteiger partial charge on any atom is -0.495 e. The molecule has 0 aliphatic rings. The Hall–Kier alpha value is -3.56. The van der Waals surface area contributed by atoms with E-state index in [1.54, 1.807) is 31.2 Å². The molecule has 0 radical (unpaired) electrons. The van der Waals surface area contributed by atoms with Crippen LogP contribution in [0.2, 0.25) is 5.02 Å². The average molecular weight is 600 g/mol. The molecule has 0 fully saturated rings. The lowest BCUT2D eigenvalue weighted by Crippen LogP contribution is -2.54. The molecule has 0 heterocycles. The molecule has 3 rings (SSSR count). The number of hydrogen-bond acceptors (Lipinski definition) is 5. The van der Waals surface area contributed by atoms with Crippen molar-refractivity contribution in [3.05, 3.63) is 88.4 Å². The maximum atomic E-state index is 14.1. The largest absolute Gasteiger partial charge is 0.495 e. The molecule has 0 bridgehead atoms. The summed E-state index contributed by atoms with van der Waals surface area (Å²) in [7, 11) is -2.84. The fourth-order valence-electron chi connectivity index (χ4n) is 4.16. The van der Waals surface area contributed by atoms with Crippen LogP contribution in [0.3, 0.4) is 0 Å². The number of carbonyl (C=O) groups is 2. The van der Waals surface area contributed by atoms with E-state index in [-0.39, 0.29) is 33.8 Å². The summed E-state index contributed by atoms with van der Waals surface area (Å²) in [5.74, 6) is -0.701. The van der Waals surface area contributed by atoms with Gasteiger partial charge in [-0.1, -0.05) is 59.1 Å². The second kappa shape index (κ2) is 13.0. The molecule has 0 aromatic heterocycles. The topological polar surface area (TPSA) is 96.0 Å². The predicted molar refractivity (Wildman–Crippen MR) is 163 cm³/mol. The Morgan fingerprint density at radius 3 is 2.05 bits per heavy atom. The molecule has 0 saturated carbocycles.